The van der Waals surface area contributed by atoms with Crippen molar-refractivity contribution < 1.29 is 28.6 Å². The van der Waals surface area contributed by atoms with Gasteiger partial charge in [0.05, 0.1) is 19.6 Å². The third-order valence-electron chi connectivity index (χ3n) is 8.71. The predicted molar refractivity (Wildman–Crippen MR) is 161 cm³/mol. The van der Waals surface area contributed by atoms with E-state index in [1.807, 2.05) is 66.7 Å². The first-order valence-electron chi connectivity index (χ1n) is 14.9. The van der Waals surface area contributed by atoms with Gasteiger partial charge in [-0.1, -0.05) is 42.5 Å². The Bertz CT molecular complexity index is 1410. The Kier molecular flexibility index (Phi) is 8.60. The van der Waals surface area contributed by atoms with Gasteiger partial charge < -0.3 is 19.1 Å². The van der Waals surface area contributed by atoms with E-state index in [2.05, 4.69) is 4.90 Å². The van der Waals surface area contributed by atoms with Crippen LogP contribution in [0, 0.1) is 11.8 Å². The monoisotopic (exact) mass is 583 g/mol. The van der Waals surface area contributed by atoms with Crippen LogP contribution in [0.5, 0.6) is 5.75 Å². The van der Waals surface area contributed by atoms with Gasteiger partial charge in [0.2, 0.25) is 0 Å². The van der Waals surface area contributed by atoms with Gasteiger partial charge in [-0.05, 0) is 79.4 Å². The number of amides is 2. The molecule has 1 atom stereocenters. The zero-order chi connectivity index (χ0) is 29.8. The largest absolute Gasteiger partial charge is 0.489 e. The molecule has 4 saturated heterocycles. The minimum Gasteiger partial charge on any atom is -0.489 e. The van der Waals surface area contributed by atoms with Crippen LogP contribution in [-0.4, -0.2) is 73.7 Å². The molecule has 0 radical (unpaired) electrons. The molecule has 7 rings (SSSR count). The second-order valence-corrected chi connectivity index (χ2v) is 11.5. The number of piperidine rings is 3. The van der Waals surface area contributed by atoms with Crippen molar-refractivity contribution in [3.8, 4) is 5.75 Å². The normalized spacial score (nSPS) is 21.0. The molecular formula is C34H37N3O6. The molecule has 3 aromatic carbocycles. The number of hydrogen-bond donors (Lipinski definition) is 0. The highest BCUT2D eigenvalue weighted by atomic mass is 16.6. The lowest BCUT2D eigenvalue weighted by Crippen LogP contribution is -2.53. The number of esters is 1. The van der Waals surface area contributed by atoms with Crippen LogP contribution in [-0.2, 0) is 27.4 Å². The summed E-state index contributed by atoms with van der Waals surface area (Å²) < 4.78 is 16.8. The molecule has 3 aromatic rings. The second kappa shape index (κ2) is 12.9. The molecule has 2 bridgehead atoms. The molecule has 0 spiro atoms. The van der Waals surface area contributed by atoms with E-state index in [9.17, 15) is 14.4 Å². The first kappa shape index (κ1) is 28.7. The van der Waals surface area contributed by atoms with Gasteiger partial charge in [-0.3, -0.25) is 19.4 Å². The Hall–Kier alpha value is -4.37. The smallest absolute Gasteiger partial charge is 0.414 e. The van der Waals surface area contributed by atoms with E-state index in [4.69, 9.17) is 14.2 Å². The molecule has 4 fully saturated rings. The van der Waals surface area contributed by atoms with Gasteiger partial charge >= 0.3 is 12.1 Å². The number of carbonyl (C=O) groups is 3. The molecule has 0 N–H and O–H groups in total. The lowest BCUT2D eigenvalue weighted by molar-refractivity contribution is -0.149. The molecule has 0 unspecified atom stereocenters. The number of carbonyl (C=O) groups excluding carboxylic acids is 3. The maximum Gasteiger partial charge on any atom is 0.414 e. The molecule has 4 aliphatic rings. The van der Waals surface area contributed by atoms with E-state index >= 15 is 0 Å². The Morgan fingerprint density at radius 2 is 1.51 bits per heavy atom. The number of anilines is 1. The summed E-state index contributed by atoms with van der Waals surface area (Å²) in [7, 11) is 1.36. The van der Waals surface area contributed by atoms with E-state index < -0.39 is 0 Å². The Morgan fingerprint density at radius 1 is 0.837 bits per heavy atom. The number of ether oxygens (including phenoxy) is 3. The predicted octanol–water partition coefficient (Wildman–Crippen LogP) is 4.75. The van der Waals surface area contributed by atoms with Gasteiger partial charge in [0.1, 0.15) is 18.5 Å². The van der Waals surface area contributed by atoms with E-state index in [1.54, 1.807) is 21.9 Å². The quantitative estimate of drug-likeness (QED) is 0.336. The average molecular weight is 584 g/mol. The first-order chi connectivity index (χ1) is 21.0. The van der Waals surface area contributed by atoms with Gasteiger partial charge in [-0.15, -0.1) is 0 Å². The van der Waals surface area contributed by atoms with Crippen molar-refractivity contribution in [1.82, 2.24) is 9.80 Å². The number of likely N-dealkylation sites (tertiary alicyclic amines) is 1. The molecule has 4 aliphatic heterocycles. The highest BCUT2D eigenvalue weighted by molar-refractivity contribution is 5.95. The molecule has 2 amide bonds. The van der Waals surface area contributed by atoms with E-state index in [1.165, 1.54) is 7.11 Å². The van der Waals surface area contributed by atoms with E-state index in [0.717, 1.165) is 49.3 Å². The summed E-state index contributed by atoms with van der Waals surface area (Å²) in [5, 5.41) is 0. The highest BCUT2D eigenvalue weighted by Crippen LogP contribution is 2.31. The molecular weight excluding hydrogens is 546 g/mol. The van der Waals surface area contributed by atoms with Crippen LogP contribution in [0.1, 0.15) is 34.3 Å². The average Bonchev–Trinajstić information content (AvgIpc) is 3.03. The number of benzene rings is 3. The summed E-state index contributed by atoms with van der Waals surface area (Å²) in [5.74, 6) is 0.541. The SMILES string of the molecule is COC(=O)C1CN(C(=O)c2ccc(COc3ccc(CN(C(=O)O[C@H]4CN5CCC4CC5)c4ccccc4)cc3)cc2)C1. The first-order valence-corrected chi connectivity index (χ1v) is 14.9. The van der Waals surface area contributed by atoms with Crippen LogP contribution in [0.4, 0.5) is 10.5 Å². The number of hydrogen-bond acceptors (Lipinski definition) is 7. The summed E-state index contributed by atoms with van der Waals surface area (Å²) in [5.41, 5.74) is 3.27. The third-order valence-corrected chi connectivity index (χ3v) is 8.71. The minimum absolute atomic E-state index is 0.0566. The third kappa shape index (κ3) is 6.67. The zero-order valence-corrected chi connectivity index (χ0v) is 24.4. The topological polar surface area (TPSA) is 88.6 Å². The molecule has 0 aromatic heterocycles. The maximum absolute atomic E-state index is 13.4. The Labute approximate surface area is 251 Å². The van der Waals surface area contributed by atoms with Crippen molar-refractivity contribution in [2.45, 2.75) is 32.1 Å². The number of nitrogens with zero attached hydrogens (tertiary/aromatic N) is 3. The molecule has 43 heavy (non-hydrogen) atoms. The van der Waals surface area contributed by atoms with Crippen LogP contribution in [0.25, 0.3) is 0 Å². The van der Waals surface area contributed by atoms with Crippen LogP contribution in [0.3, 0.4) is 0 Å². The van der Waals surface area contributed by atoms with E-state index in [0.29, 0.717) is 43.5 Å². The van der Waals surface area contributed by atoms with Gasteiger partial charge in [0.15, 0.2) is 0 Å². The fourth-order valence-corrected chi connectivity index (χ4v) is 6.03. The van der Waals surface area contributed by atoms with Gasteiger partial charge in [0, 0.05) is 30.9 Å². The summed E-state index contributed by atoms with van der Waals surface area (Å²) in [6.07, 6.45) is 1.80. The lowest BCUT2D eigenvalue weighted by atomic mass is 9.86. The van der Waals surface area contributed by atoms with Crippen molar-refractivity contribution >= 4 is 23.7 Å². The van der Waals surface area contributed by atoms with Crippen LogP contribution < -0.4 is 9.64 Å². The number of methoxy groups -OCH3 is 1. The van der Waals surface area contributed by atoms with Crippen LogP contribution in [0.2, 0.25) is 0 Å². The molecule has 0 aliphatic carbocycles. The van der Waals surface area contributed by atoms with Crippen molar-refractivity contribution in [2.24, 2.45) is 11.8 Å². The Balaban J connectivity index is 1.03. The van der Waals surface area contributed by atoms with Crippen molar-refractivity contribution in [1.29, 1.82) is 0 Å². The van der Waals surface area contributed by atoms with Crippen molar-refractivity contribution in [3.05, 3.63) is 95.6 Å². The number of fused-ring (bicyclic) bond motifs is 3. The minimum atomic E-state index is -0.315. The van der Waals surface area contributed by atoms with Gasteiger partial charge in [-0.2, -0.15) is 0 Å². The molecule has 4 heterocycles. The zero-order valence-electron chi connectivity index (χ0n) is 24.4. The maximum atomic E-state index is 13.4. The second-order valence-electron chi connectivity index (χ2n) is 11.5. The molecule has 0 saturated carbocycles. The lowest BCUT2D eigenvalue weighted by Gasteiger charge is -2.44. The molecule has 9 nitrogen and oxygen atoms in total. The van der Waals surface area contributed by atoms with Gasteiger partial charge in [-0.25, -0.2) is 4.79 Å². The summed E-state index contributed by atoms with van der Waals surface area (Å²) in [4.78, 5) is 43.4. The van der Waals surface area contributed by atoms with Crippen molar-refractivity contribution in [3.63, 3.8) is 0 Å². The van der Waals surface area contributed by atoms with E-state index in [-0.39, 0.29) is 30.0 Å². The summed E-state index contributed by atoms with van der Waals surface area (Å²) in [6, 6.07) is 24.7. The van der Waals surface area contributed by atoms with Gasteiger partial charge in [0.25, 0.3) is 5.91 Å². The molecule has 9 heteroatoms. The highest BCUT2D eigenvalue weighted by Gasteiger charge is 2.38. The molecule has 224 valence electrons. The standard InChI is InChI=1S/C34H37N3O6/c1-41-33(39)28-20-36(21-28)32(38)27-11-7-25(8-12-27)23-42-30-13-9-24(10-14-30)19-37(29-5-3-2-4-6-29)34(40)43-31-22-35-17-15-26(31)16-18-35/h2-14,26,28,31H,15-23H2,1H3/t31-/m0/s1. The Morgan fingerprint density at radius 3 is 2.14 bits per heavy atom. The van der Waals surface area contributed by atoms with Crippen molar-refractivity contribution in [2.75, 3.05) is 44.7 Å². The summed E-state index contributed by atoms with van der Waals surface area (Å²) >= 11 is 0. The number of rotatable bonds is 9. The summed E-state index contributed by atoms with van der Waals surface area (Å²) in [6.45, 7) is 4.52. The van der Waals surface area contributed by atoms with Crippen LogP contribution >= 0.6 is 0 Å². The number of para-hydroxylation sites is 1. The fraction of sp³-hybridized carbons (Fsp3) is 0.382. The fourth-order valence-electron chi connectivity index (χ4n) is 6.03. The van der Waals surface area contributed by atoms with Crippen LogP contribution in [0.15, 0.2) is 78.9 Å².